The van der Waals surface area contributed by atoms with Crippen molar-refractivity contribution < 1.29 is 13.2 Å². The van der Waals surface area contributed by atoms with Gasteiger partial charge in [-0.1, -0.05) is 30.3 Å². The zero-order valence-corrected chi connectivity index (χ0v) is 18.7. The summed E-state index contributed by atoms with van der Waals surface area (Å²) >= 11 is 1.38. The summed E-state index contributed by atoms with van der Waals surface area (Å²) < 4.78 is 27.4. The molecule has 3 aromatic rings. The van der Waals surface area contributed by atoms with E-state index in [4.69, 9.17) is 0 Å². The van der Waals surface area contributed by atoms with E-state index in [1.807, 2.05) is 30.3 Å². The van der Waals surface area contributed by atoms with Crippen molar-refractivity contribution in [2.24, 2.45) is 0 Å². The first-order chi connectivity index (χ1) is 15.0. The van der Waals surface area contributed by atoms with Crippen LogP contribution in [0.15, 0.2) is 59.6 Å². The van der Waals surface area contributed by atoms with E-state index >= 15 is 0 Å². The first kappa shape index (κ1) is 20.4. The van der Waals surface area contributed by atoms with Crippen molar-refractivity contribution in [1.82, 2.24) is 9.29 Å². The average molecular weight is 454 g/mol. The number of nitrogens with zero attached hydrogens (tertiary/aromatic N) is 3. The Morgan fingerprint density at radius 1 is 0.968 bits per heavy atom. The summed E-state index contributed by atoms with van der Waals surface area (Å²) in [5.41, 5.74) is 2.70. The molecule has 1 fully saturated rings. The second-order valence-electron chi connectivity index (χ2n) is 7.86. The van der Waals surface area contributed by atoms with Crippen molar-refractivity contribution in [1.29, 1.82) is 0 Å². The summed E-state index contributed by atoms with van der Waals surface area (Å²) in [4.78, 5) is 20.4. The van der Waals surface area contributed by atoms with Crippen LogP contribution in [0.3, 0.4) is 0 Å². The maximum Gasteiger partial charge on any atom is 0.270 e. The molecule has 160 valence electrons. The summed E-state index contributed by atoms with van der Waals surface area (Å²) in [7, 11) is -3.47. The molecule has 0 saturated carbocycles. The lowest BCUT2D eigenvalue weighted by Crippen LogP contribution is -2.35. The van der Waals surface area contributed by atoms with Crippen molar-refractivity contribution in [3.05, 3.63) is 65.2 Å². The fourth-order valence-corrected chi connectivity index (χ4v) is 6.68. The summed E-state index contributed by atoms with van der Waals surface area (Å²) in [6, 6.07) is 15.0. The normalized spacial score (nSPS) is 17.0. The van der Waals surface area contributed by atoms with E-state index in [0.717, 1.165) is 47.5 Å². The third-order valence-electron chi connectivity index (χ3n) is 5.85. The smallest absolute Gasteiger partial charge is 0.270 e. The van der Waals surface area contributed by atoms with Gasteiger partial charge in [-0.2, -0.15) is 4.31 Å². The number of rotatable bonds is 4. The molecule has 3 heterocycles. The molecule has 8 heteroatoms. The highest BCUT2D eigenvalue weighted by atomic mass is 32.2. The van der Waals surface area contributed by atoms with Crippen LogP contribution in [0, 0.1) is 0 Å². The monoisotopic (exact) mass is 453 g/mol. The molecule has 1 amide bonds. The molecule has 5 rings (SSSR count). The molecule has 0 bridgehead atoms. The third-order valence-corrected chi connectivity index (χ3v) is 8.78. The Kier molecular flexibility index (Phi) is 5.37. The van der Waals surface area contributed by atoms with Gasteiger partial charge < -0.3 is 4.90 Å². The number of carbonyl (C=O) groups excluding carboxylic acids is 1. The van der Waals surface area contributed by atoms with Crippen LogP contribution in [0.2, 0.25) is 0 Å². The van der Waals surface area contributed by atoms with Crippen molar-refractivity contribution >= 4 is 33.0 Å². The van der Waals surface area contributed by atoms with Gasteiger partial charge in [0.15, 0.2) is 0 Å². The molecular weight excluding hydrogens is 430 g/mol. The van der Waals surface area contributed by atoms with Gasteiger partial charge in [0.05, 0.1) is 11.1 Å². The highest BCUT2D eigenvalue weighted by Crippen LogP contribution is 2.33. The van der Waals surface area contributed by atoms with Crippen LogP contribution in [-0.2, 0) is 16.4 Å². The Bertz CT molecular complexity index is 1220. The van der Waals surface area contributed by atoms with Gasteiger partial charge in [0.25, 0.3) is 5.91 Å². The zero-order valence-electron chi connectivity index (χ0n) is 17.0. The minimum Gasteiger partial charge on any atom is -0.307 e. The Morgan fingerprint density at radius 2 is 1.74 bits per heavy atom. The molecule has 0 aliphatic carbocycles. The number of hydrogen-bond acceptors (Lipinski definition) is 5. The van der Waals surface area contributed by atoms with Gasteiger partial charge in [-0.25, -0.2) is 13.4 Å². The van der Waals surface area contributed by atoms with Gasteiger partial charge in [0, 0.05) is 30.9 Å². The van der Waals surface area contributed by atoms with Crippen LogP contribution in [0.5, 0.6) is 0 Å². The molecular formula is C23H23N3O3S2. The highest BCUT2D eigenvalue weighted by molar-refractivity contribution is 7.89. The number of thiazole rings is 1. The van der Waals surface area contributed by atoms with Gasteiger partial charge in [0.2, 0.25) is 10.0 Å². The minimum absolute atomic E-state index is 0.0872. The lowest BCUT2D eigenvalue weighted by atomic mass is 10.0. The SMILES string of the molecule is O=C(c1cnc(-c2ccccc2)s1)N1CCCc2cc(S(=O)(=O)N3CCCC3)ccc21. The first-order valence-corrected chi connectivity index (χ1v) is 12.8. The zero-order chi connectivity index (χ0) is 21.4. The molecule has 2 aromatic carbocycles. The number of aromatic nitrogens is 1. The van der Waals surface area contributed by atoms with Gasteiger partial charge in [-0.15, -0.1) is 11.3 Å². The molecule has 1 aromatic heterocycles. The van der Waals surface area contributed by atoms with E-state index in [2.05, 4.69) is 4.98 Å². The molecule has 0 spiro atoms. The second-order valence-corrected chi connectivity index (χ2v) is 10.8. The van der Waals surface area contributed by atoms with E-state index in [9.17, 15) is 13.2 Å². The lowest BCUT2D eigenvalue weighted by molar-refractivity contribution is 0.0989. The predicted octanol–water partition coefficient (Wildman–Crippen LogP) is 4.19. The van der Waals surface area contributed by atoms with Crippen molar-refractivity contribution in [2.75, 3.05) is 24.5 Å². The number of sulfonamides is 1. The van der Waals surface area contributed by atoms with Crippen LogP contribution < -0.4 is 4.90 Å². The van der Waals surface area contributed by atoms with E-state index in [1.54, 1.807) is 33.6 Å². The predicted molar refractivity (Wildman–Crippen MR) is 122 cm³/mol. The van der Waals surface area contributed by atoms with E-state index in [0.29, 0.717) is 29.4 Å². The van der Waals surface area contributed by atoms with Crippen LogP contribution >= 0.6 is 11.3 Å². The molecule has 6 nitrogen and oxygen atoms in total. The van der Waals surface area contributed by atoms with E-state index in [-0.39, 0.29) is 5.91 Å². The number of amides is 1. The average Bonchev–Trinajstić information content (AvgIpc) is 3.51. The number of fused-ring (bicyclic) bond motifs is 1. The minimum atomic E-state index is -3.47. The number of benzene rings is 2. The highest BCUT2D eigenvalue weighted by Gasteiger charge is 2.30. The number of anilines is 1. The summed E-state index contributed by atoms with van der Waals surface area (Å²) in [6.45, 7) is 1.78. The molecule has 0 radical (unpaired) electrons. The van der Waals surface area contributed by atoms with Gasteiger partial charge >= 0.3 is 0 Å². The fraction of sp³-hybridized carbons (Fsp3) is 0.304. The summed E-state index contributed by atoms with van der Waals surface area (Å²) in [5, 5.41) is 0.813. The Morgan fingerprint density at radius 3 is 2.52 bits per heavy atom. The Labute approximate surface area is 186 Å². The standard InChI is InChI=1S/C23H23N3O3S2/c27-23(21-16-24-22(30-21)17-7-2-1-3-8-17)26-14-6-9-18-15-19(10-11-20(18)26)31(28,29)25-12-4-5-13-25/h1-3,7-8,10-11,15-16H,4-6,9,12-14H2. The molecule has 31 heavy (non-hydrogen) atoms. The lowest BCUT2D eigenvalue weighted by Gasteiger charge is -2.29. The molecule has 0 N–H and O–H groups in total. The van der Waals surface area contributed by atoms with Crippen LogP contribution in [0.1, 0.15) is 34.5 Å². The molecule has 0 atom stereocenters. The molecule has 2 aliphatic heterocycles. The van der Waals surface area contributed by atoms with Gasteiger partial charge in [-0.3, -0.25) is 4.79 Å². The third kappa shape index (κ3) is 3.79. The number of carbonyl (C=O) groups is 1. The van der Waals surface area contributed by atoms with Gasteiger partial charge in [0.1, 0.15) is 9.88 Å². The largest absolute Gasteiger partial charge is 0.307 e. The van der Waals surface area contributed by atoms with Crippen molar-refractivity contribution in [3.63, 3.8) is 0 Å². The van der Waals surface area contributed by atoms with Crippen LogP contribution in [0.25, 0.3) is 10.6 Å². The molecule has 1 saturated heterocycles. The topological polar surface area (TPSA) is 70.6 Å². The summed E-state index contributed by atoms with van der Waals surface area (Å²) in [6.07, 6.45) is 5.02. The maximum absolute atomic E-state index is 13.3. The maximum atomic E-state index is 13.3. The Balaban J connectivity index is 1.43. The first-order valence-electron chi connectivity index (χ1n) is 10.5. The second kappa shape index (κ2) is 8.18. The van der Waals surface area contributed by atoms with E-state index < -0.39 is 10.0 Å². The van der Waals surface area contributed by atoms with Crippen molar-refractivity contribution in [3.8, 4) is 10.6 Å². The fourth-order valence-electron chi connectivity index (χ4n) is 4.24. The van der Waals surface area contributed by atoms with Crippen LogP contribution in [-0.4, -0.2) is 43.2 Å². The van der Waals surface area contributed by atoms with Gasteiger partial charge in [-0.05, 0) is 49.4 Å². The molecule has 0 unspecified atom stereocenters. The number of hydrogen-bond donors (Lipinski definition) is 0. The molecule has 2 aliphatic rings. The summed E-state index contributed by atoms with van der Waals surface area (Å²) in [5.74, 6) is -0.0872. The Hall–Kier alpha value is -2.55. The van der Waals surface area contributed by atoms with Crippen LogP contribution in [0.4, 0.5) is 5.69 Å². The number of aryl methyl sites for hydroxylation is 1. The van der Waals surface area contributed by atoms with E-state index in [1.165, 1.54) is 11.3 Å². The quantitative estimate of drug-likeness (QED) is 0.594. The van der Waals surface area contributed by atoms with Crippen molar-refractivity contribution in [2.45, 2.75) is 30.6 Å².